The SMILES string of the molecule is COCOCC(C)(C)NCCN1CCCC1C(=O)c1nnc(C(C)(C)C)o1. The van der Waals surface area contributed by atoms with Crippen molar-refractivity contribution in [3.8, 4) is 0 Å². The number of carbonyl (C=O) groups excluding carboxylic acids is 1. The minimum atomic E-state index is -0.263. The van der Waals surface area contributed by atoms with Crippen LogP contribution >= 0.6 is 0 Å². The number of rotatable bonds is 10. The zero-order chi connectivity index (χ0) is 20.1. The molecule has 1 aliphatic rings. The van der Waals surface area contributed by atoms with Crippen molar-refractivity contribution in [3.05, 3.63) is 11.8 Å². The number of nitrogens with zero attached hydrogens (tertiary/aromatic N) is 3. The Bertz CT molecular complexity index is 609. The van der Waals surface area contributed by atoms with E-state index in [0.29, 0.717) is 12.5 Å². The van der Waals surface area contributed by atoms with Crippen molar-refractivity contribution in [3.63, 3.8) is 0 Å². The molecule has 1 N–H and O–H groups in total. The predicted molar refractivity (Wildman–Crippen MR) is 102 cm³/mol. The minimum Gasteiger partial charge on any atom is -0.418 e. The van der Waals surface area contributed by atoms with Gasteiger partial charge in [0.2, 0.25) is 11.7 Å². The van der Waals surface area contributed by atoms with Gasteiger partial charge in [0.05, 0.1) is 12.6 Å². The number of nitrogens with one attached hydrogen (secondary N) is 1. The van der Waals surface area contributed by atoms with Gasteiger partial charge < -0.3 is 19.2 Å². The first-order valence-corrected chi connectivity index (χ1v) is 9.58. The van der Waals surface area contributed by atoms with Crippen LogP contribution in [0.2, 0.25) is 0 Å². The molecule has 0 saturated carbocycles. The molecule has 2 heterocycles. The molecule has 0 amide bonds. The molecule has 2 rings (SSSR count). The number of hydrogen-bond donors (Lipinski definition) is 1. The van der Waals surface area contributed by atoms with Crippen molar-refractivity contribution in [2.75, 3.05) is 40.1 Å². The summed E-state index contributed by atoms with van der Waals surface area (Å²) in [6.45, 7) is 13.4. The molecule has 8 heteroatoms. The lowest BCUT2D eigenvalue weighted by atomic mass is 9.97. The van der Waals surface area contributed by atoms with Crippen LogP contribution in [0.1, 0.15) is 64.0 Å². The van der Waals surface area contributed by atoms with Crippen molar-refractivity contribution in [1.29, 1.82) is 0 Å². The Kier molecular flexibility index (Phi) is 7.50. The van der Waals surface area contributed by atoms with E-state index in [1.807, 2.05) is 20.8 Å². The second kappa shape index (κ2) is 9.23. The summed E-state index contributed by atoms with van der Waals surface area (Å²) in [5.74, 6) is 0.547. The lowest BCUT2D eigenvalue weighted by Crippen LogP contribution is -2.48. The largest absolute Gasteiger partial charge is 0.418 e. The van der Waals surface area contributed by atoms with Crippen LogP contribution in [0, 0.1) is 0 Å². The monoisotopic (exact) mass is 382 g/mol. The molecule has 27 heavy (non-hydrogen) atoms. The molecule has 1 fully saturated rings. The fourth-order valence-electron chi connectivity index (χ4n) is 3.13. The van der Waals surface area contributed by atoms with Crippen molar-refractivity contribution < 1.29 is 18.7 Å². The highest BCUT2D eigenvalue weighted by Gasteiger charge is 2.35. The lowest BCUT2D eigenvalue weighted by Gasteiger charge is -2.28. The zero-order valence-corrected chi connectivity index (χ0v) is 17.5. The van der Waals surface area contributed by atoms with Gasteiger partial charge in [-0.15, -0.1) is 10.2 Å². The lowest BCUT2D eigenvalue weighted by molar-refractivity contribution is -0.0487. The van der Waals surface area contributed by atoms with E-state index in [1.54, 1.807) is 7.11 Å². The fourth-order valence-corrected chi connectivity index (χ4v) is 3.13. The van der Waals surface area contributed by atoms with Crippen LogP contribution in [-0.2, 0) is 14.9 Å². The number of ether oxygens (including phenoxy) is 2. The molecule has 1 saturated heterocycles. The van der Waals surface area contributed by atoms with Gasteiger partial charge in [-0.3, -0.25) is 9.69 Å². The molecule has 1 unspecified atom stereocenters. The molecular formula is C19H34N4O4. The van der Waals surface area contributed by atoms with Crippen molar-refractivity contribution in [2.24, 2.45) is 0 Å². The van der Waals surface area contributed by atoms with Gasteiger partial charge in [0.1, 0.15) is 6.79 Å². The Morgan fingerprint density at radius 3 is 2.67 bits per heavy atom. The number of Topliss-reactive ketones (excluding diaryl/α,β-unsaturated/α-hetero) is 1. The summed E-state index contributed by atoms with van der Waals surface area (Å²) < 4.78 is 16.0. The van der Waals surface area contributed by atoms with E-state index >= 15 is 0 Å². The molecular weight excluding hydrogens is 348 g/mol. The van der Waals surface area contributed by atoms with Gasteiger partial charge in [-0.05, 0) is 33.2 Å². The van der Waals surface area contributed by atoms with E-state index in [4.69, 9.17) is 13.9 Å². The molecule has 154 valence electrons. The minimum absolute atomic E-state index is 0.0711. The van der Waals surface area contributed by atoms with Crippen molar-refractivity contribution in [1.82, 2.24) is 20.4 Å². The smallest absolute Gasteiger partial charge is 0.285 e. The average molecular weight is 383 g/mol. The van der Waals surface area contributed by atoms with E-state index in [2.05, 4.69) is 34.3 Å². The maximum Gasteiger partial charge on any atom is 0.285 e. The molecule has 8 nitrogen and oxygen atoms in total. The summed E-state index contributed by atoms with van der Waals surface area (Å²) in [7, 11) is 1.61. The Morgan fingerprint density at radius 1 is 1.30 bits per heavy atom. The first kappa shape index (κ1) is 21.9. The quantitative estimate of drug-likeness (QED) is 0.373. The normalized spacial score (nSPS) is 19.0. The molecule has 1 aromatic rings. The highest BCUT2D eigenvalue weighted by molar-refractivity contribution is 5.96. The number of hydrogen-bond acceptors (Lipinski definition) is 8. The summed E-state index contributed by atoms with van der Waals surface area (Å²) in [4.78, 5) is 15.0. The van der Waals surface area contributed by atoms with Gasteiger partial charge in [-0.25, -0.2) is 0 Å². The van der Waals surface area contributed by atoms with Crippen LogP contribution in [0.15, 0.2) is 4.42 Å². The van der Waals surface area contributed by atoms with Crippen molar-refractivity contribution in [2.45, 2.75) is 64.5 Å². The summed E-state index contributed by atoms with van der Waals surface area (Å²) in [5.41, 5.74) is -0.423. The zero-order valence-electron chi connectivity index (χ0n) is 17.5. The Balaban J connectivity index is 1.87. The summed E-state index contributed by atoms with van der Waals surface area (Å²) in [5, 5.41) is 11.5. The molecule has 0 radical (unpaired) electrons. The van der Waals surface area contributed by atoms with E-state index in [1.165, 1.54) is 0 Å². The van der Waals surface area contributed by atoms with Crippen LogP contribution in [0.3, 0.4) is 0 Å². The second-order valence-corrected chi connectivity index (χ2v) is 8.79. The highest BCUT2D eigenvalue weighted by atomic mass is 16.7. The van der Waals surface area contributed by atoms with Crippen LogP contribution in [0.5, 0.6) is 0 Å². The van der Waals surface area contributed by atoms with Gasteiger partial charge in [-0.2, -0.15) is 0 Å². The van der Waals surface area contributed by atoms with E-state index in [0.717, 1.165) is 32.5 Å². The van der Waals surface area contributed by atoms with Crippen LogP contribution in [0.4, 0.5) is 0 Å². The summed E-state index contributed by atoms with van der Waals surface area (Å²) in [6, 6.07) is -0.187. The maximum atomic E-state index is 12.8. The molecule has 1 aliphatic heterocycles. The standard InChI is InChI=1S/C19H34N4O4/c1-18(2,3)17-22-21-16(27-17)15(24)14-8-7-10-23(14)11-9-20-19(4,5)12-26-13-25-6/h14,20H,7-13H2,1-6H3. The van der Waals surface area contributed by atoms with Gasteiger partial charge >= 0.3 is 0 Å². The second-order valence-electron chi connectivity index (χ2n) is 8.79. The number of likely N-dealkylation sites (tertiary alicyclic amines) is 1. The third-order valence-electron chi connectivity index (χ3n) is 4.61. The van der Waals surface area contributed by atoms with Gasteiger partial charge in [0, 0.05) is 31.2 Å². The number of aromatic nitrogens is 2. The first-order chi connectivity index (χ1) is 12.6. The van der Waals surface area contributed by atoms with Crippen LogP contribution in [-0.4, -0.2) is 72.6 Å². The molecule has 0 spiro atoms. The van der Waals surface area contributed by atoms with E-state index < -0.39 is 0 Å². The fraction of sp³-hybridized carbons (Fsp3) is 0.842. The number of ketones is 1. The Morgan fingerprint density at radius 2 is 2.04 bits per heavy atom. The average Bonchev–Trinajstić information content (AvgIpc) is 3.23. The first-order valence-electron chi connectivity index (χ1n) is 9.58. The number of carbonyl (C=O) groups is 1. The van der Waals surface area contributed by atoms with Gasteiger partial charge in [-0.1, -0.05) is 20.8 Å². The van der Waals surface area contributed by atoms with Crippen LogP contribution in [0.25, 0.3) is 0 Å². The van der Waals surface area contributed by atoms with E-state index in [-0.39, 0.29) is 35.5 Å². The number of methoxy groups -OCH3 is 1. The summed E-state index contributed by atoms with van der Waals surface area (Å²) >= 11 is 0. The molecule has 0 bridgehead atoms. The van der Waals surface area contributed by atoms with E-state index in [9.17, 15) is 4.79 Å². The third-order valence-corrected chi connectivity index (χ3v) is 4.61. The van der Waals surface area contributed by atoms with Crippen LogP contribution < -0.4 is 5.32 Å². The Labute approximate surface area is 162 Å². The highest BCUT2D eigenvalue weighted by Crippen LogP contribution is 2.24. The third kappa shape index (κ3) is 6.34. The van der Waals surface area contributed by atoms with Gasteiger partial charge in [0.15, 0.2) is 0 Å². The van der Waals surface area contributed by atoms with Crippen molar-refractivity contribution >= 4 is 5.78 Å². The molecule has 0 aliphatic carbocycles. The Hall–Kier alpha value is -1.35. The molecule has 1 atom stereocenters. The van der Waals surface area contributed by atoms with Gasteiger partial charge in [0.25, 0.3) is 5.89 Å². The predicted octanol–water partition coefficient (Wildman–Crippen LogP) is 2.00. The molecule has 0 aromatic carbocycles. The molecule has 1 aromatic heterocycles. The topological polar surface area (TPSA) is 89.7 Å². The summed E-state index contributed by atoms with van der Waals surface area (Å²) in [6.07, 6.45) is 1.82. The maximum absolute atomic E-state index is 12.8.